The predicted molar refractivity (Wildman–Crippen MR) is 123 cm³/mol. The third-order valence-corrected chi connectivity index (χ3v) is 8.47. The average Bonchev–Trinajstić information content (AvgIpc) is 3.29. The zero-order chi connectivity index (χ0) is 22.3. The largest absolute Gasteiger partial charge is 0.452 e. The van der Waals surface area contributed by atoms with Crippen molar-refractivity contribution in [2.24, 2.45) is 5.73 Å². The van der Waals surface area contributed by atoms with E-state index in [9.17, 15) is 9.59 Å². The highest BCUT2D eigenvalue weighted by Crippen LogP contribution is 2.45. The highest BCUT2D eigenvalue weighted by Gasteiger charge is 2.58. The van der Waals surface area contributed by atoms with Crippen molar-refractivity contribution in [1.29, 1.82) is 0 Å². The van der Waals surface area contributed by atoms with Crippen LogP contribution in [0.1, 0.15) is 27.2 Å². The van der Waals surface area contributed by atoms with Gasteiger partial charge in [0.25, 0.3) is 0 Å². The Labute approximate surface area is 194 Å². The number of carbonyl (C=O) groups excluding carboxylic acids is 2. The van der Waals surface area contributed by atoms with Crippen LogP contribution in [0.4, 0.5) is 0 Å². The molecule has 9 heteroatoms. The minimum absolute atomic E-state index is 0.114. The molecule has 2 aromatic carbocycles. The lowest BCUT2D eigenvalue weighted by atomic mass is 9.87. The summed E-state index contributed by atoms with van der Waals surface area (Å²) in [6.07, 6.45) is -0.576. The van der Waals surface area contributed by atoms with E-state index in [4.69, 9.17) is 10.5 Å². The number of esters is 1. The normalized spacial score (nSPS) is 24.7. The van der Waals surface area contributed by atoms with E-state index in [1.54, 1.807) is 4.90 Å². The third kappa shape index (κ3) is 3.50. The number of hydrogen-bond donors (Lipinski definition) is 1. The molecule has 0 aliphatic carbocycles. The lowest BCUT2D eigenvalue weighted by Crippen LogP contribution is -2.73. The number of thioether (sulfide) groups is 1. The first-order valence-electron chi connectivity index (χ1n) is 10.3. The molecule has 2 saturated heterocycles. The number of ether oxygens (including phenoxy) is 1. The summed E-state index contributed by atoms with van der Waals surface area (Å²) >= 11 is 2.86. The van der Waals surface area contributed by atoms with Crippen molar-refractivity contribution in [3.05, 3.63) is 81.8 Å². The number of benzene rings is 2. The maximum Gasteiger partial charge on any atom is 0.322 e. The second kappa shape index (κ2) is 8.31. The van der Waals surface area contributed by atoms with E-state index in [1.165, 1.54) is 23.1 Å². The Morgan fingerprint density at radius 2 is 1.75 bits per heavy atom. The molecule has 2 aliphatic heterocycles. The molecule has 3 atom stereocenters. The summed E-state index contributed by atoms with van der Waals surface area (Å²) in [5.74, 6) is -0.132. The van der Waals surface area contributed by atoms with Gasteiger partial charge in [-0.15, -0.1) is 33.3 Å². The summed E-state index contributed by atoms with van der Waals surface area (Å²) in [6.45, 7) is 2.04. The second-order valence-corrected chi connectivity index (χ2v) is 10.3. The smallest absolute Gasteiger partial charge is 0.322 e. The van der Waals surface area contributed by atoms with Crippen LogP contribution in [0.2, 0.25) is 0 Å². The molecule has 0 spiro atoms. The molecule has 2 unspecified atom stereocenters. The van der Waals surface area contributed by atoms with Crippen molar-refractivity contribution in [2.75, 3.05) is 12.3 Å². The zero-order valence-electron chi connectivity index (χ0n) is 17.4. The first-order valence-corrected chi connectivity index (χ1v) is 12.2. The van der Waals surface area contributed by atoms with E-state index in [2.05, 4.69) is 10.2 Å². The van der Waals surface area contributed by atoms with Crippen molar-refractivity contribution < 1.29 is 14.3 Å². The molecule has 5 rings (SSSR count). The van der Waals surface area contributed by atoms with Crippen LogP contribution >= 0.6 is 23.1 Å². The SMILES string of the molecule is Cc1nnc(C2(C(=O)OC(c3ccccc3)c3ccccc3)CS[C@@H]3C(N)C(=O)N3C2)s1. The number of β-lactam (4-membered cyclic amide) rings is 1. The number of aryl methyl sites for hydroxylation is 1. The van der Waals surface area contributed by atoms with Gasteiger partial charge in [-0.3, -0.25) is 9.59 Å². The monoisotopic (exact) mass is 466 g/mol. The number of carbonyl (C=O) groups is 2. The van der Waals surface area contributed by atoms with Crippen LogP contribution in [0, 0.1) is 6.92 Å². The Hall–Kier alpha value is -2.75. The zero-order valence-corrected chi connectivity index (χ0v) is 19.0. The van der Waals surface area contributed by atoms with Gasteiger partial charge in [0.2, 0.25) is 5.91 Å². The average molecular weight is 467 g/mol. The molecule has 1 aromatic heterocycles. The number of nitrogens with two attached hydrogens (primary N) is 1. The molecule has 0 bridgehead atoms. The Kier molecular flexibility index (Phi) is 5.48. The summed E-state index contributed by atoms with van der Waals surface area (Å²) in [5, 5.41) is 9.64. The first kappa shape index (κ1) is 21.1. The molecule has 7 nitrogen and oxygen atoms in total. The van der Waals surface area contributed by atoms with E-state index in [1.807, 2.05) is 67.6 Å². The molecule has 32 heavy (non-hydrogen) atoms. The van der Waals surface area contributed by atoms with Gasteiger partial charge in [0, 0.05) is 12.3 Å². The van der Waals surface area contributed by atoms with Gasteiger partial charge in [-0.1, -0.05) is 60.7 Å². The fraction of sp³-hybridized carbons (Fsp3) is 0.304. The Morgan fingerprint density at radius 3 is 2.31 bits per heavy atom. The van der Waals surface area contributed by atoms with Gasteiger partial charge in [-0.2, -0.15) is 0 Å². The number of rotatable bonds is 5. The van der Waals surface area contributed by atoms with Crippen LogP contribution in [-0.2, 0) is 19.7 Å². The number of hydrogen-bond acceptors (Lipinski definition) is 8. The van der Waals surface area contributed by atoms with Crippen LogP contribution in [-0.4, -0.2) is 50.7 Å². The number of fused-ring (bicyclic) bond motifs is 1. The molecular weight excluding hydrogens is 444 g/mol. The van der Waals surface area contributed by atoms with E-state index in [0.29, 0.717) is 10.8 Å². The molecule has 1 amide bonds. The highest BCUT2D eigenvalue weighted by molar-refractivity contribution is 8.00. The number of nitrogens with zero attached hydrogens (tertiary/aromatic N) is 3. The molecule has 2 fully saturated rings. The van der Waals surface area contributed by atoms with Gasteiger partial charge < -0.3 is 15.4 Å². The van der Waals surface area contributed by atoms with E-state index in [-0.39, 0.29) is 17.8 Å². The Balaban J connectivity index is 1.52. The summed E-state index contributed by atoms with van der Waals surface area (Å²) in [7, 11) is 0. The molecule has 164 valence electrons. The predicted octanol–water partition coefficient (Wildman–Crippen LogP) is 2.66. The van der Waals surface area contributed by atoms with Crippen LogP contribution in [0.15, 0.2) is 60.7 Å². The second-order valence-electron chi connectivity index (χ2n) is 8.01. The van der Waals surface area contributed by atoms with Crippen molar-refractivity contribution in [3.8, 4) is 0 Å². The van der Waals surface area contributed by atoms with Gasteiger partial charge >= 0.3 is 5.97 Å². The summed E-state index contributed by atoms with van der Waals surface area (Å²) in [4.78, 5) is 28.0. The third-order valence-electron chi connectivity index (χ3n) is 5.88. The minimum atomic E-state index is -1.09. The van der Waals surface area contributed by atoms with Gasteiger partial charge in [-0.25, -0.2) is 0 Å². The van der Waals surface area contributed by atoms with Crippen LogP contribution in [0.3, 0.4) is 0 Å². The summed E-state index contributed by atoms with van der Waals surface area (Å²) < 4.78 is 6.22. The molecule has 3 heterocycles. The fourth-order valence-corrected chi connectivity index (χ4v) is 6.54. The minimum Gasteiger partial charge on any atom is -0.452 e. The van der Waals surface area contributed by atoms with Gasteiger partial charge in [0.05, 0.1) is 0 Å². The quantitative estimate of drug-likeness (QED) is 0.456. The van der Waals surface area contributed by atoms with Gasteiger partial charge in [0.15, 0.2) is 6.10 Å². The fourth-order valence-electron chi connectivity index (χ4n) is 4.11. The highest BCUT2D eigenvalue weighted by atomic mass is 32.2. The van der Waals surface area contributed by atoms with E-state index in [0.717, 1.165) is 16.1 Å². The van der Waals surface area contributed by atoms with E-state index >= 15 is 0 Å². The molecule has 2 N–H and O–H groups in total. The Morgan fingerprint density at radius 1 is 1.12 bits per heavy atom. The van der Waals surface area contributed by atoms with Crippen LogP contribution in [0.5, 0.6) is 0 Å². The van der Waals surface area contributed by atoms with Gasteiger partial charge in [0.1, 0.15) is 26.8 Å². The maximum atomic E-state index is 13.9. The molecule has 2 aliphatic rings. The maximum absolute atomic E-state index is 13.9. The van der Waals surface area contributed by atoms with Crippen molar-refractivity contribution in [2.45, 2.75) is 29.9 Å². The molecule has 0 radical (unpaired) electrons. The first-order chi connectivity index (χ1) is 15.5. The molecule has 3 aromatic rings. The van der Waals surface area contributed by atoms with Crippen LogP contribution in [0.25, 0.3) is 0 Å². The Bertz CT molecular complexity index is 1100. The standard InChI is InChI=1S/C23H22N4O3S2/c1-14-25-26-21(32-14)23(12-27-19(28)17(24)20(27)31-13-23)22(29)30-18(15-8-4-2-5-9-15)16-10-6-3-7-11-16/h2-11,17-18,20H,12-13,24H2,1H3/t17?,20-,23?/m1/s1. The topological polar surface area (TPSA) is 98.4 Å². The molecular formula is C23H22N4O3S2. The lowest BCUT2D eigenvalue weighted by molar-refractivity contribution is -0.159. The van der Waals surface area contributed by atoms with Crippen molar-refractivity contribution in [1.82, 2.24) is 15.1 Å². The number of aromatic nitrogens is 2. The van der Waals surface area contributed by atoms with E-state index < -0.39 is 23.5 Å². The summed E-state index contributed by atoms with van der Waals surface area (Å²) in [5.41, 5.74) is 6.62. The number of amides is 1. The van der Waals surface area contributed by atoms with Gasteiger partial charge in [-0.05, 0) is 18.1 Å². The molecule has 0 saturated carbocycles. The van der Waals surface area contributed by atoms with Crippen molar-refractivity contribution >= 4 is 35.0 Å². The summed E-state index contributed by atoms with van der Waals surface area (Å²) in [6, 6.07) is 18.8. The van der Waals surface area contributed by atoms with Crippen molar-refractivity contribution in [3.63, 3.8) is 0 Å². The van der Waals surface area contributed by atoms with Crippen LogP contribution < -0.4 is 5.73 Å². The lowest BCUT2D eigenvalue weighted by Gasteiger charge is -2.52.